The molecule has 76 valence electrons. The van der Waals surface area contributed by atoms with Crippen LogP contribution in [0.1, 0.15) is 17.0 Å². The lowest BCUT2D eigenvalue weighted by atomic mass is 10.1. The van der Waals surface area contributed by atoms with Gasteiger partial charge in [-0.15, -0.1) is 0 Å². The number of carbonyl (C=O) groups excluding carboxylic acids is 1. The Morgan fingerprint density at radius 2 is 2.07 bits per heavy atom. The minimum Gasteiger partial charge on any atom is -0.299 e. The van der Waals surface area contributed by atoms with E-state index in [-0.39, 0.29) is 11.3 Å². The molecule has 1 N–H and O–H groups in total. The van der Waals surface area contributed by atoms with Gasteiger partial charge in [-0.3, -0.25) is 9.89 Å². The predicted octanol–water partition coefficient (Wildman–Crippen LogP) is 1.95. The van der Waals surface area contributed by atoms with Crippen molar-refractivity contribution >= 4 is 12.4 Å². The maximum atomic E-state index is 12.3. The number of aromatic amines is 1. The summed E-state index contributed by atoms with van der Waals surface area (Å²) in [5.74, 6) is 0. The summed E-state index contributed by atoms with van der Waals surface area (Å²) in [5, 5.41) is 5.34. The summed E-state index contributed by atoms with van der Waals surface area (Å²) >= 11 is 0. The second kappa shape index (κ2) is 3.65. The van der Waals surface area contributed by atoms with Gasteiger partial charge in [0.2, 0.25) is 0 Å². The predicted molar refractivity (Wildman–Crippen MR) is 43.4 cm³/mol. The van der Waals surface area contributed by atoms with Crippen LogP contribution in [0.4, 0.5) is 13.2 Å². The van der Waals surface area contributed by atoms with Crippen molar-refractivity contribution in [3.63, 3.8) is 0 Å². The first-order chi connectivity index (χ1) is 6.46. The zero-order chi connectivity index (χ0) is 10.8. The molecule has 0 aliphatic rings. The number of aromatic nitrogens is 2. The van der Waals surface area contributed by atoms with Gasteiger partial charge in [0.25, 0.3) is 0 Å². The van der Waals surface area contributed by atoms with Crippen molar-refractivity contribution in [3.05, 3.63) is 23.0 Å². The van der Waals surface area contributed by atoms with Crippen LogP contribution in [0.2, 0.25) is 0 Å². The summed E-state index contributed by atoms with van der Waals surface area (Å²) < 4.78 is 36.9. The van der Waals surface area contributed by atoms with Crippen LogP contribution in [0.15, 0.2) is 6.08 Å². The Balaban J connectivity index is 3.19. The molecule has 1 heterocycles. The second-order valence-electron chi connectivity index (χ2n) is 2.60. The third kappa shape index (κ3) is 2.01. The van der Waals surface area contributed by atoms with Crippen molar-refractivity contribution in [2.24, 2.45) is 0 Å². The number of hydrogen-bond donors (Lipinski definition) is 1. The number of hydrogen-bond acceptors (Lipinski definition) is 2. The summed E-state index contributed by atoms with van der Waals surface area (Å²) in [4.78, 5) is 9.97. The molecule has 1 aromatic heterocycles. The smallest absolute Gasteiger partial charge is 0.299 e. The van der Waals surface area contributed by atoms with Crippen molar-refractivity contribution in [2.45, 2.75) is 13.1 Å². The highest BCUT2D eigenvalue weighted by atomic mass is 19.4. The average Bonchev–Trinajstić information content (AvgIpc) is 2.42. The molecular formula is C8H7F3N2O. The van der Waals surface area contributed by atoms with Gasteiger partial charge in [-0.05, 0) is 19.1 Å². The van der Waals surface area contributed by atoms with E-state index in [4.69, 9.17) is 0 Å². The summed E-state index contributed by atoms with van der Waals surface area (Å²) in [6.07, 6.45) is -2.03. The second-order valence-corrected chi connectivity index (χ2v) is 2.60. The molecule has 0 fully saturated rings. The Hall–Kier alpha value is -1.59. The third-order valence-corrected chi connectivity index (χ3v) is 1.60. The first-order valence-corrected chi connectivity index (χ1v) is 3.71. The Morgan fingerprint density at radius 1 is 1.43 bits per heavy atom. The number of carbonyl (C=O) groups is 1. The van der Waals surface area contributed by atoms with Gasteiger partial charge in [-0.2, -0.15) is 18.3 Å². The number of nitrogens with zero attached hydrogens (tertiary/aromatic N) is 1. The number of H-pyrrole nitrogens is 1. The number of aldehydes is 1. The molecule has 0 saturated carbocycles. The van der Waals surface area contributed by atoms with Crippen molar-refractivity contribution < 1.29 is 18.0 Å². The van der Waals surface area contributed by atoms with Gasteiger partial charge < -0.3 is 0 Å². The molecule has 0 unspecified atom stereocenters. The fraction of sp³-hybridized carbons (Fsp3) is 0.250. The normalized spacial score (nSPS) is 12.3. The van der Waals surface area contributed by atoms with Crippen LogP contribution < -0.4 is 0 Å². The SMILES string of the molecule is Cc1[nH]nc(C(F)(F)F)c1C=CC=O. The summed E-state index contributed by atoms with van der Waals surface area (Å²) in [6, 6.07) is 0. The zero-order valence-electron chi connectivity index (χ0n) is 7.22. The summed E-state index contributed by atoms with van der Waals surface area (Å²) in [6.45, 7) is 1.45. The lowest BCUT2D eigenvalue weighted by molar-refractivity contribution is -0.141. The minimum absolute atomic E-state index is 0.107. The molecule has 0 saturated heterocycles. The molecule has 3 nitrogen and oxygen atoms in total. The van der Waals surface area contributed by atoms with E-state index in [0.717, 1.165) is 12.2 Å². The molecule has 0 aliphatic carbocycles. The molecule has 1 aromatic rings. The molecule has 0 radical (unpaired) electrons. The Labute approximate surface area is 77.6 Å². The Morgan fingerprint density at radius 3 is 2.57 bits per heavy atom. The minimum atomic E-state index is -4.51. The van der Waals surface area contributed by atoms with Crippen molar-refractivity contribution in [3.8, 4) is 0 Å². The quantitative estimate of drug-likeness (QED) is 0.591. The molecule has 6 heteroatoms. The van der Waals surface area contributed by atoms with E-state index >= 15 is 0 Å². The van der Waals surface area contributed by atoms with Gasteiger partial charge in [-0.1, -0.05) is 0 Å². The number of halogens is 3. The molecule has 14 heavy (non-hydrogen) atoms. The van der Waals surface area contributed by atoms with Gasteiger partial charge in [0, 0.05) is 11.3 Å². The van der Waals surface area contributed by atoms with Crippen LogP contribution in [-0.4, -0.2) is 16.5 Å². The number of nitrogens with one attached hydrogen (secondary N) is 1. The highest BCUT2D eigenvalue weighted by molar-refractivity contribution is 5.75. The summed E-state index contributed by atoms with van der Waals surface area (Å²) in [5.41, 5.74) is -0.840. The average molecular weight is 204 g/mol. The van der Waals surface area contributed by atoms with Crippen LogP contribution in [0.3, 0.4) is 0 Å². The highest BCUT2D eigenvalue weighted by Gasteiger charge is 2.36. The van der Waals surface area contributed by atoms with Crippen LogP contribution in [0.5, 0.6) is 0 Å². The topological polar surface area (TPSA) is 45.8 Å². The highest BCUT2D eigenvalue weighted by Crippen LogP contribution is 2.31. The van der Waals surface area contributed by atoms with E-state index in [2.05, 4.69) is 10.2 Å². The fourth-order valence-corrected chi connectivity index (χ4v) is 0.993. The number of allylic oxidation sites excluding steroid dienone is 1. The molecule has 0 amide bonds. The van der Waals surface area contributed by atoms with Crippen LogP contribution >= 0.6 is 0 Å². The van der Waals surface area contributed by atoms with Crippen LogP contribution in [0.25, 0.3) is 6.08 Å². The lowest BCUT2D eigenvalue weighted by Crippen LogP contribution is -2.07. The van der Waals surface area contributed by atoms with E-state index in [9.17, 15) is 18.0 Å². The molecule has 0 aliphatic heterocycles. The largest absolute Gasteiger partial charge is 0.435 e. The molecule has 0 aromatic carbocycles. The zero-order valence-corrected chi connectivity index (χ0v) is 7.22. The van der Waals surface area contributed by atoms with Gasteiger partial charge >= 0.3 is 6.18 Å². The van der Waals surface area contributed by atoms with E-state index in [0.29, 0.717) is 6.29 Å². The first kappa shape index (κ1) is 10.5. The monoisotopic (exact) mass is 204 g/mol. The van der Waals surface area contributed by atoms with E-state index in [1.165, 1.54) is 6.92 Å². The number of aryl methyl sites for hydroxylation is 1. The lowest BCUT2D eigenvalue weighted by Gasteiger charge is -2.02. The maximum Gasteiger partial charge on any atom is 0.435 e. The maximum absolute atomic E-state index is 12.3. The molecule has 0 bridgehead atoms. The summed E-state index contributed by atoms with van der Waals surface area (Å²) in [7, 11) is 0. The molecule has 1 rings (SSSR count). The standard InChI is InChI=1S/C8H7F3N2O/c1-5-6(3-2-4-14)7(13-12-5)8(9,10)11/h2-4H,1H3,(H,12,13). The van der Waals surface area contributed by atoms with Crippen molar-refractivity contribution in [1.82, 2.24) is 10.2 Å². The van der Waals surface area contributed by atoms with E-state index in [1.807, 2.05) is 0 Å². The van der Waals surface area contributed by atoms with E-state index < -0.39 is 11.9 Å². The van der Waals surface area contributed by atoms with Crippen molar-refractivity contribution in [1.29, 1.82) is 0 Å². The fourth-order valence-electron chi connectivity index (χ4n) is 0.993. The Kier molecular flexibility index (Phi) is 2.73. The molecule has 0 spiro atoms. The van der Waals surface area contributed by atoms with Gasteiger partial charge in [0.1, 0.15) is 6.29 Å². The van der Waals surface area contributed by atoms with Crippen molar-refractivity contribution in [2.75, 3.05) is 0 Å². The molecular weight excluding hydrogens is 197 g/mol. The number of rotatable bonds is 2. The Bertz CT molecular complexity index is 365. The number of alkyl halides is 3. The third-order valence-electron chi connectivity index (χ3n) is 1.60. The van der Waals surface area contributed by atoms with E-state index in [1.54, 1.807) is 0 Å². The van der Waals surface area contributed by atoms with Crippen LogP contribution in [0, 0.1) is 6.92 Å². The molecule has 0 atom stereocenters. The van der Waals surface area contributed by atoms with Gasteiger partial charge in [0.05, 0.1) is 0 Å². The van der Waals surface area contributed by atoms with Crippen LogP contribution in [-0.2, 0) is 11.0 Å². The first-order valence-electron chi connectivity index (χ1n) is 3.71. The van der Waals surface area contributed by atoms with Gasteiger partial charge in [0.15, 0.2) is 5.69 Å². The van der Waals surface area contributed by atoms with Gasteiger partial charge in [-0.25, -0.2) is 0 Å².